The van der Waals surface area contributed by atoms with Gasteiger partial charge in [-0.1, -0.05) is 11.2 Å². The van der Waals surface area contributed by atoms with Gasteiger partial charge in [-0.05, 0) is 13.0 Å². The number of hydrogen-bond acceptors (Lipinski definition) is 7. The summed E-state index contributed by atoms with van der Waals surface area (Å²) in [4.78, 5) is 23.5. The maximum atomic E-state index is 11.9. The number of rotatable bonds is 7. The maximum Gasteiger partial charge on any atom is 0.310 e. The molecule has 0 unspecified atom stereocenters. The number of ether oxygens (including phenoxy) is 3. The second-order valence-electron chi connectivity index (χ2n) is 4.89. The Morgan fingerprint density at radius 3 is 2.62 bits per heavy atom. The summed E-state index contributed by atoms with van der Waals surface area (Å²) in [6, 6.07) is 6.64. The Kier molecular flexibility index (Phi) is 5.78. The Morgan fingerprint density at radius 2 is 2.00 bits per heavy atom. The Balaban J connectivity index is 1.85. The molecule has 0 aliphatic rings. The van der Waals surface area contributed by atoms with E-state index in [0.717, 1.165) is 0 Å². The van der Waals surface area contributed by atoms with Gasteiger partial charge in [-0.2, -0.15) is 0 Å². The fraction of sp³-hybridized carbons (Fsp3) is 0.312. The number of aryl methyl sites for hydroxylation is 1. The Hall–Kier alpha value is -3.03. The zero-order valence-corrected chi connectivity index (χ0v) is 13.6. The minimum Gasteiger partial charge on any atom is -0.497 e. The van der Waals surface area contributed by atoms with Crippen molar-refractivity contribution in [1.29, 1.82) is 0 Å². The van der Waals surface area contributed by atoms with E-state index in [1.807, 2.05) is 0 Å². The van der Waals surface area contributed by atoms with Crippen molar-refractivity contribution in [2.24, 2.45) is 0 Å². The molecular weight excluding hydrogens is 316 g/mol. The number of carbonyl (C=O) groups excluding carboxylic acids is 2. The van der Waals surface area contributed by atoms with Crippen molar-refractivity contribution in [2.75, 3.05) is 26.1 Å². The molecule has 2 rings (SSSR count). The maximum absolute atomic E-state index is 11.9. The second-order valence-corrected chi connectivity index (χ2v) is 4.89. The van der Waals surface area contributed by atoms with Crippen LogP contribution >= 0.6 is 0 Å². The summed E-state index contributed by atoms with van der Waals surface area (Å²) in [6.07, 6.45) is -0.0243. The van der Waals surface area contributed by atoms with Crippen molar-refractivity contribution in [3.05, 3.63) is 35.6 Å². The smallest absolute Gasteiger partial charge is 0.310 e. The van der Waals surface area contributed by atoms with Gasteiger partial charge in [-0.25, -0.2) is 0 Å². The molecule has 0 spiro atoms. The molecule has 0 radical (unpaired) electrons. The molecule has 0 bridgehead atoms. The van der Waals surface area contributed by atoms with Crippen molar-refractivity contribution < 1.29 is 28.3 Å². The standard InChI is InChI=1S/C16H18N2O6/c1-10-6-14(18-24-10)17-15(19)9-23-16(20)7-11-4-5-12(21-2)8-13(11)22-3/h4-6,8H,7,9H2,1-3H3,(H,17,18,19). The molecular formula is C16H18N2O6. The lowest BCUT2D eigenvalue weighted by atomic mass is 10.1. The van der Waals surface area contributed by atoms with Crippen LogP contribution in [0.15, 0.2) is 28.8 Å². The van der Waals surface area contributed by atoms with Crippen LogP contribution in [0.25, 0.3) is 0 Å². The van der Waals surface area contributed by atoms with E-state index in [1.54, 1.807) is 31.2 Å². The van der Waals surface area contributed by atoms with E-state index >= 15 is 0 Å². The van der Waals surface area contributed by atoms with Crippen LogP contribution in [0.2, 0.25) is 0 Å². The predicted octanol–water partition coefficient (Wildman–Crippen LogP) is 1.72. The van der Waals surface area contributed by atoms with Crippen LogP contribution in [0.5, 0.6) is 11.5 Å². The van der Waals surface area contributed by atoms with Crippen molar-refractivity contribution in [3.8, 4) is 11.5 Å². The third-order valence-electron chi connectivity index (χ3n) is 3.09. The minimum absolute atomic E-state index is 0.0243. The summed E-state index contributed by atoms with van der Waals surface area (Å²) in [5, 5.41) is 6.07. The van der Waals surface area contributed by atoms with E-state index in [-0.39, 0.29) is 12.2 Å². The first-order valence-electron chi connectivity index (χ1n) is 7.11. The van der Waals surface area contributed by atoms with Gasteiger partial charge in [0.25, 0.3) is 5.91 Å². The second kappa shape index (κ2) is 8.00. The molecule has 0 saturated heterocycles. The summed E-state index contributed by atoms with van der Waals surface area (Å²) in [5.74, 6) is 0.905. The molecule has 24 heavy (non-hydrogen) atoms. The fourth-order valence-corrected chi connectivity index (χ4v) is 1.95. The fourth-order valence-electron chi connectivity index (χ4n) is 1.95. The van der Waals surface area contributed by atoms with Gasteiger partial charge in [0, 0.05) is 17.7 Å². The third-order valence-corrected chi connectivity index (χ3v) is 3.09. The highest BCUT2D eigenvalue weighted by Gasteiger charge is 2.13. The van der Waals surface area contributed by atoms with Crippen LogP contribution in [0.4, 0.5) is 5.82 Å². The SMILES string of the molecule is COc1ccc(CC(=O)OCC(=O)Nc2cc(C)on2)c(OC)c1. The molecule has 0 saturated carbocycles. The lowest BCUT2D eigenvalue weighted by molar-refractivity contribution is -0.146. The number of aromatic nitrogens is 1. The van der Waals surface area contributed by atoms with E-state index in [0.29, 0.717) is 22.8 Å². The summed E-state index contributed by atoms with van der Waals surface area (Å²) < 4.78 is 20.1. The number of nitrogens with one attached hydrogen (secondary N) is 1. The van der Waals surface area contributed by atoms with Crippen LogP contribution in [0.1, 0.15) is 11.3 Å². The van der Waals surface area contributed by atoms with Crippen molar-refractivity contribution in [2.45, 2.75) is 13.3 Å². The van der Waals surface area contributed by atoms with Gasteiger partial charge in [-0.15, -0.1) is 0 Å². The molecule has 128 valence electrons. The molecule has 0 atom stereocenters. The lowest BCUT2D eigenvalue weighted by Gasteiger charge is -2.10. The average Bonchev–Trinajstić information content (AvgIpc) is 2.98. The normalized spacial score (nSPS) is 10.1. The first-order valence-corrected chi connectivity index (χ1v) is 7.11. The number of hydrogen-bond donors (Lipinski definition) is 1. The number of esters is 1. The van der Waals surface area contributed by atoms with Gasteiger partial charge in [0.1, 0.15) is 17.3 Å². The molecule has 0 fully saturated rings. The van der Waals surface area contributed by atoms with Gasteiger partial charge in [0.2, 0.25) is 0 Å². The van der Waals surface area contributed by atoms with Crippen LogP contribution in [0, 0.1) is 6.92 Å². The van der Waals surface area contributed by atoms with Crippen LogP contribution in [0.3, 0.4) is 0 Å². The lowest BCUT2D eigenvalue weighted by Crippen LogP contribution is -2.21. The molecule has 2 aromatic rings. The van der Waals surface area contributed by atoms with E-state index in [9.17, 15) is 9.59 Å². The van der Waals surface area contributed by atoms with E-state index < -0.39 is 18.5 Å². The highest BCUT2D eigenvalue weighted by molar-refractivity contribution is 5.92. The predicted molar refractivity (Wildman–Crippen MR) is 84.1 cm³/mol. The van der Waals surface area contributed by atoms with Crippen molar-refractivity contribution in [3.63, 3.8) is 0 Å². The Labute approximate surface area is 138 Å². The summed E-state index contributed by atoms with van der Waals surface area (Å²) in [5.41, 5.74) is 0.635. The third kappa shape index (κ3) is 4.73. The largest absolute Gasteiger partial charge is 0.497 e. The van der Waals surface area contributed by atoms with Gasteiger partial charge < -0.3 is 24.1 Å². The van der Waals surface area contributed by atoms with E-state index in [1.165, 1.54) is 14.2 Å². The van der Waals surface area contributed by atoms with Crippen LogP contribution in [-0.2, 0) is 20.7 Å². The highest BCUT2D eigenvalue weighted by Crippen LogP contribution is 2.25. The van der Waals surface area contributed by atoms with E-state index in [2.05, 4.69) is 10.5 Å². The number of carbonyl (C=O) groups is 2. The summed E-state index contributed by atoms with van der Waals surface area (Å²) >= 11 is 0. The zero-order chi connectivity index (χ0) is 17.5. The first kappa shape index (κ1) is 17.3. The van der Waals surface area contributed by atoms with Gasteiger partial charge >= 0.3 is 5.97 Å². The van der Waals surface area contributed by atoms with Gasteiger partial charge in [0.05, 0.1) is 20.6 Å². The number of benzene rings is 1. The molecule has 1 aromatic carbocycles. The molecule has 1 amide bonds. The minimum atomic E-state index is -0.551. The quantitative estimate of drug-likeness (QED) is 0.770. The van der Waals surface area contributed by atoms with Crippen molar-refractivity contribution >= 4 is 17.7 Å². The molecule has 1 N–H and O–H groups in total. The Bertz CT molecular complexity index is 725. The molecule has 8 heteroatoms. The molecule has 1 heterocycles. The summed E-state index contributed by atoms with van der Waals surface area (Å²) in [6.45, 7) is 1.29. The zero-order valence-electron chi connectivity index (χ0n) is 13.6. The number of anilines is 1. The summed E-state index contributed by atoms with van der Waals surface area (Å²) in [7, 11) is 3.04. The average molecular weight is 334 g/mol. The van der Waals surface area contributed by atoms with Crippen LogP contribution < -0.4 is 14.8 Å². The van der Waals surface area contributed by atoms with E-state index in [4.69, 9.17) is 18.7 Å². The molecule has 1 aromatic heterocycles. The highest BCUT2D eigenvalue weighted by atomic mass is 16.5. The number of amides is 1. The number of nitrogens with zero attached hydrogens (tertiary/aromatic N) is 1. The van der Waals surface area contributed by atoms with Crippen molar-refractivity contribution in [1.82, 2.24) is 5.16 Å². The molecule has 8 nitrogen and oxygen atoms in total. The molecule has 0 aliphatic heterocycles. The monoisotopic (exact) mass is 334 g/mol. The molecule has 0 aliphatic carbocycles. The topological polar surface area (TPSA) is 99.9 Å². The first-order chi connectivity index (χ1) is 11.5. The van der Waals surface area contributed by atoms with Gasteiger partial charge in [-0.3, -0.25) is 9.59 Å². The Morgan fingerprint density at radius 1 is 1.21 bits per heavy atom. The van der Waals surface area contributed by atoms with Gasteiger partial charge in [0.15, 0.2) is 12.4 Å². The van der Waals surface area contributed by atoms with Crippen LogP contribution in [-0.4, -0.2) is 37.9 Å². The number of methoxy groups -OCH3 is 2.